The van der Waals surface area contributed by atoms with Crippen LogP contribution in [0.1, 0.15) is 12.8 Å². The third-order valence-corrected chi connectivity index (χ3v) is 4.39. The fourth-order valence-corrected chi connectivity index (χ4v) is 2.94. The van der Waals surface area contributed by atoms with Gasteiger partial charge in [0.25, 0.3) is 0 Å². The molecule has 2 heterocycles. The molecule has 8 N–H and O–H groups in total. The summed E-state index contributed by atoms with van der Waals surface area (Å²) in [6.07, 6.45) is -13.2. The van der Waals surface area contributed by atoms with E-state index in [-0.39, 0.29) is 12.8 Å². The zero-order valence-electron chi connectivity index (χ0n) is 12.3. The Morgan fingerprint density at radius 2 is 1.22 bits per heavy atom. The average molecular weight is 340 g/mol. The zero-order valence-corrected chi connectivity index (χ0v) is 12.3. The summed E-state index contributed by atoms with van der Waals surface area (Å²) in [6, 6.07) is 0. The first-order valence-corrected chi connectivity index (χ1v) is 7.46. The summed E-state index contributed by atoms with van der Waals surface area (Å²) in [6.45, 7) is -0.637. The quantitative estimate of drug-likeness (QED) is 0.243. The number of hydrogen-bond acceptors (Lipinski definition) is 10. The highest BCUT2D eigenvalue weighted by molar-refractivity contribution is 4.95. The molecule has 0 bridgehead atoms. The highest BCUT2D eigenvalue weighted by Gasteiger charge is 2.47. The van der Waals surface area contributed by atoms with Gasteiger partial charge >= 0.3 is 0 Å². The van der Waals surface area contributed by atoms with E-state index in [0.717, 1.165) is 0 Å². The van der Waals surface area contributed by atoms with Crippen molar-refractivity contribution in [1.82, 2.24) is 0 Å². The van der Waals surface area contributed by atoms with Crippen LogP contribution in [0.15, 0.2) is 0 Å². The third-order valence-electron chi connectivity index (χ3n) is 4.39. The van der Waals surface area contributed by atoms with E-state index < -0.39 is 67.8 Å². The zero-order chi connectivity index (χ0) is 17.3. The summed E-state index contributed by atoms with van der Waals surface area (Å²) in [5, 5.41) is 76.3. The number of aliphatic hydroxyl groups is 8. The highest BCUT2D eigenvalue weighted by atomic mass is 16.6. The third kappa shape index (κ3) is 3.82. The Bertz CT molecular complexity index is 382. The number of ether oxygens (including phenoxy) is 2. The lowest BCUT2D eigenvalue weighted by Gasteiger charge is -2.38. The SMILES string of the molecule is OC[C@@H](O)[C@H]1O[C@@H](CC[C@H]2OC(O)[C@H](O)[C@@H](O)[C@H]2O)[C@@H](O)[C@H]1O. The predicted molar refractivity (Wildman–Crippen MR) is 71.9 cm³/mol. The van der Waals surface area contributed by atoms with Crippen LogP contribution in [0.5, 0.6) is 0 Å². The summed E-state index contributed by atoms with van der Waals surface area (Å²) in [4.78, 5) is 0. The minimum atomic E-state index is -1.65. The van der Waals surface area contributed by atoms with Gasteiger partial charge in [0.15, 0.2) is 6.29 Å². The van der Waals surface area contributed by atoms with Crippen molar-refractivity contribution in [2.45, 2.75) is 74.1 Å². The van der Waals surface area contributed by atoms with Gasteiger partial charge in [0.05, 0.1) is 18.8 Å². The molecule has 1 unspecified atom stereocenters. The first kappa shape index (κ1) is 18.9. The molecule has 10 heteroatoms. The second-order valence-electron chi connectivity index (χ2n) is 5.98. The molecule has 10 atom stereocenters. The Kier molecular flexibility index (Phi) is 6.30. The van der Waals surface area contributed by atoms with Gasteiger partial charge < -0.3 is 50.3 Å². The summed E-state index contributed by atoms with van der Waals surface area (Å²) in [7, 11) is 0. The minimum absolute atomic E-state index is 0.0540. The molecule has 0 saturated carbocycles. The molecular weight excluding hydrogens is 316 g/mol. The van der Waals surface area contributed by atoms with Gasteiger partial charge in [-0.05, 0) is 12.8 Å². The molecule has 0 aromatic heterocycles. The van der Waals surface area contributed by atoms with E-state index in [4.69, 9.17) is 14.6 Å². The van der Waals surface area contributed by atoms with Crippen LogP contribution in [0.25, 0.3) is 0 Å². The Morgan fingerprint density at radius 3 is 1.78 bits per heavy atom. The van der Waals surface area contributed by atoms with Crippen LogP contribution >= 0.6 is 0 Å². The first-order chi connectivity index (χ1) is 10.8. The van der Waals surface area contributed by atoms with Crippen LogP contribution in [0.2, 0.25) is 0 Å². The van der Waals surface area contributed by atoms with Crippen LogP contribution in [-0.2, 0) is 9.47 Å². The van der Waals surface area contributed by atoms with E-state index >= 15 is 0 Å². The molecule has 0 aromatic rings. The van der Waals surface area contributed by atoms with Gasteiger partial charge in [-0.25, -0.2) is 0 Å². The predicted octanol–water partition coefficient (Wildman–Crippen LogP) is -4.59. The van der Waals surface area contributed by atoms with Gasteiger partial charge in [0.2, 0.25) is 0 Å². The molecule has 0 radical (unpaired) electrons. The molecule has 2 saturated heterocycles. The minimum Gasteiger partial charge on any atom is -0.394 e. The highest BCUT2D eigenvalue weighted by Crippen LogP contribution is 2.29. The maximum atomic E-state index is 9.90. The van der Waals surface area contributed by atoms with Gasteiger partial charge in [0.1, 0.15) is 42.7 Å². The van der Waals surface area contributed by atoms with E-state index in [1.54, 1.807) is 0 Å². The lowest BCUT2D eigenvalue weighted by atomic mass is 9.93. The lowest BCUT2D eigenvalue weighted by Crippen LogP contribution is -2.57. The Morgan fingerprint density at radius 1 is 0.696 bits per heavy atom. The van der Waals surface area contributed by atoms with Crippen molar-refractivity contribution in [1.29, 1.82) is 0 Å². The van der Waals surface area contributed by atoms with Crippen LogP contribution in [0, 0.1) is 0 Å². The molecule has 0 spiro atoms. The molecule has 23 heavy (non-hydrogen) atoms. The van der Waals surface area contributed by atoms with Crippen molar-refractivity contribution in [3.63, 3.8) is 0 Å². The monoisotopic (exact) mass is 340 g/mol. The maximum Gasteiger partial charge on any atom is 0.183 e. The normalized spacial score (nSPS) is 49.3. The number of aliphatic hydroxyl groups excluding tert-OH is 8. The summed E-state index contributed by atoms with van der Waals surface area (Å²) >= 11 is 0. The van der Waals surface area contributed by atoms with Crippen LogP contribution < -0.4 is 0 Å². The van der Waals surface area contributed by atoms with Crippen LogP contribution in [0.3, 0.4) is 0 Å². The summed E-state index contributed by atoms with van der Waals surface area (Å²) < 4.78 is 10.3. The maximum absolute atomic E-state index is 9.90. The Labute approximate surface area is 132 Å². The van der Waals surface area contributed by atoms with Gasteiger partial charge in [0, 0.05) is 0 Å². The molecule has 0 amide bonds. The molecule has 2 aliphatic heterocycles. The topological polar surface area (TPSA) is 180 Å². The van der Waals surface area contributed by atoms with Crippen molar-refractivity contribution in [3.8, 4) is 0 Å². The van der Waals surface area contributed by atoms with E-state index in [9.17, 15) is 35.7 Å². The first-order valence-electron chi connectivity index (χ1n) is 7.46. The fraction of sp³-hybridized carbons (Fsp3) is 1.00. The van der Waals surface area contributed by atoms with Crippen molar-refractivity contribution < 1.29 is 50.3 Å². The van der Waals surface area contributed by atoms with Crippen LogP contribution in [-0.4, -0.2) is 109 Å². The average Bonchev–Trinajstić information content (AvgIpc) is 2.82. The van der Waals surface area contributed by atoms with Gasteiger partial charge in [-0.2, -0.15) is 0 Å². The lowest BCUT2D eigenvalue weighted by molar-refractivity contribution is -0.283. The van der Waals surface area contributed by atoms with Crippen molar-refractivity contribution >= 4 is 0 Å². The number of rotatable bonds is 5. The van der Waals surface area contributed by atoms with Crippen molar-refractivity contribution in [2.75, 3.05) is 6.61 Å². The summed E-state index contributed by atoms with van der Waals surface area (Å²) in [5.74, 6) is 0. The second-order valence-corrected chi connectivity index (χ2v) is 5.98. The Hall–Kier alpha value is -0.400. The molecule has 2 fully saturated rings. The molecule has 2 aliphatic rings. The van der Waals surface area contributed by atoms with Crippen molar-refractivity contribution in [3.05, 3.63) is 0 Å². The largest absolute Gasteiger partial charge is 0.394 e. The standard InChI is InChI=1S/C13H24O10/c14-3-4(15)12-10(19)8(17)5(22-12)1-2-6-7(16)9(18)11(20)13(21)23-6/h4-21H,1-3H2/t4-,5+,6-,7+,8-,9+,10-,11-,12-,13?/m1/s1. The van der Waals surface area contributed by atoms with Gasteiger partial charge in [-0.15, -0.1) is 0 Å². The van der Waals surface area contributed by atoms with E-state index in [1.165, 1.54) is 0 Å². The van der Waals surface area contributed by atoms with Gasteiger partial charge in [-0.3, -0.25) is 0 Å². The van der Waals surface area contributed by atoms with Crippen LogP contribution in [0.4, 0.5) is 0 Å². The van der Waals surface area contributed by atoms with Crippen molar-refractivity contribution in [2.24, 2.45) is 0 Å². The van der Waals surface area contributed by atoms with E-state index in [0.29, 0.717) is 0 Å². The second kappa shape index (κ2) is 7.66. The molecule has 0 aromatic carbocycles. The molecule has 0 aliphatic carbocycles. The van der Waals surface area contributed by atoms with E-state index in [2.05, 4.69) is 0 Å². The molecule has 136 valence electrons. The van der Waals surface area contributed by atoms with Gasteiger partial charge in [-0.1, -0.05) is 0 Å². The number of hydrogen-bond donors (Lipinski definition) is 8. The Balaban J connectivity index is 1.90. The molecule has 2 rings (SSSR count). The fourth-order valence-electron chi connectivity index (χ4n) is 2.94. The summed E-state index contributed by atoms with van der Waals surface area (Å²) in [5.41, 5.74) is 0. The smallest absolute Gasteiger partial charge is 0.183 e. The molecule has 10 nitrogen and oxygen atoms in total. The molecular formula is C13H24O10. The van der Waals surface area contributed by atoms with E-state index in [1.807, 2.05) is 0 Å².